The van der Waals surface area contributed by atoms with E-state index in [0.29, 0.717) is 11.7 Å². The molecule has 6 N–H and O–H groups in total. The Morgan fingerprint density at radius 1 is 0.625 bits per heavy atom. The summed E-state index contributed by atoms with van der Waals surface area (Å²) >= 11 is 0. The molecule has 0 atom stereocenters. The molecule has 40 heavy (non-hydrogen) atoms. The van der Waals surface area contributed by atoms with Crippen molar-refractivity contribution in [2.24, 2.45) is 0 Å². The van der Waals surface area contributed by atoms with Crippen molar-refractivity contribution in [1.82, 2.24) is 30.6 Å². The molecule has 2 aromatic heterocycles. The van der Waals surface area contributed by atoms with Crippen molar-refractivity contribution < 1.29 is 0 Å². The van der Waals surface area contributed by atoms with Gasteiger partial charge in [0.15, 0.2) is 0 Å². The molecule has 0 aliphatic rings. The number of hydrogen-bond donors (Lipinski definition) is 6. The van der Waals surface area contributed by atoms with Gasteiger partial charge >= 0.3 is 0 Å². The molecule has 6 rings (SSSR count). The Kier molecular flexibility index (Phi) is 6.24. The molecule has 4 aromatic carbocycles. The predicted octanol–water partition coefficient (Wildman–Crippen LogP) is 5.63. The molecule has 0 amide bonds. The monoisotopic (exact) mass is 527 g/mol. The van der Waals surface area contributed by atoms with E-state index < -0.39 is 0 Å². The number of anilines is 2. The highest BCUT2D eigenvalue weighted by Crippen LogP contribution is 2.29. The molecule has 0 fully saturated rings. The van der Waals surface area contributed by atoms with Gasteiger partial charge in [-0.3, -0.25) is 10.8 Å². The highest BCUT2D eigenvalue weighted by molar-refractivity contribution is 6.00. The first-order valence-electron chi connectivity index (χ1n) is 12.9. The van der Waals surface area contributed by atoms with Crippen LogP contribution in [0.25, 0.3) is 44.8 Å². The number of imidazole rings is 2. The fourth-order valence-corrected chi connectivity index (χ4v) is 4.73. The number of aromatic amines is 2. The summed E-state index contributed by atoms with van der Waals surface area (Å²) in [7, 11) is 5.53. The van der Waals surface area contributed by atoms with Gasteiger partial charge < -0.3 is 25.5 Å². The number of benzene rings is 4. The minimum atomic E-state index is 0.372. The van der Waals surface area contributed by atoms with Crippen molar-refractivity contribution in [3.63, 3.8) is 0 Å². The van der Waals surface area contributed by atoms with E-state index in [1.54, 1.807) is 14.1 Å². The number of rotatable bonds is 6. The van der Waals surface area contributed by atoms with Crippen molar-refractivity contribution in [3.8, 4) is 22.8 Å². The molecule has 0 aliphatic carbocycles. The smallest absolute Gasteiger partial charge is 0.138 e. The zero-order valence-corrected chi connectivity index (χ0v) is 22.4. The van der Waals surface area contributed by atoms with Gasteiger partial charge in [0, 0.05) is 54.8 Å². The third-order valence-corrected chi connectivity index (χ3v) is 7.10. The lowest BCUT2D eigenvalue weighted by Crippen LogP contribution is -2.17. The molecule has 198 valence electrons. The highest BCUT2D eigenvalue weighted by atomic mass is 15.1. The number of amidine groups is 2. The fraction of sp³-hybridized carbons (Fsp3) is 0.0968. The second-order valence-electron chi connectivity index (χ2n) is 9.54. The summed E-state index contributed by atoms with van der Waals surface area (Å²) in [5.74, 6) is 2.33. The molecule has 0 spiro atoms. The third kappa shape index (κ3) is 4.54. The van der Waals surface area contributed by atoms with E-state index in [4.69, 9.17) is 20.8 Å². The van der Waals surface area contributed by atoms with Gasteiger partial charge in [0.25, 0.3) is 0 Å². The number of hydrogen-bond acceptors (Lipinski definition) is 5. The van der Waals surface area contributed by atoms with Crippen LogP contribution in [-0.4, -0.2) is 52.8 Å². The molecule has 0 saturated carbocycles. The minimum Gasteiger partial charge on any atom is -0.373 e. The fourth-order valence-electron chi connectivity index (χ4n) is 4.73. The van der Waals surface area contributed by atoms with E-state index in [0.717, 1.165) is 67.3 Å². The molecule has 0 saturated heterocycles. The lowest BCUT2D eigenvalue weighted by molar-refractivity contribution is 1.14. The summed E-state index contributed by atoms with van der Waals surface area (Å²) in [5, 5.41) is 21.7. The molecular weight excluding hydrogens is 498 g/mol. The first-order valence-corrected chi connectivity index (χ1v) is 12.9. The average Bonchev–Trinajstić information content (AvgIpc) is 3.63. The Balaban J connectivity index is 1.20. The Hall–Kier alpha value is -5.44. The van der Waals surface area contributed by atoms with Crippen molar-refractivity contribution in [3.05, 3.63) is 96.1 Å². The summed E-state index contributed by atoms with van der Waals surface area (Å²) in [6, 6.07) is 28.1. The van der Waals surface area contributed by atoms with Gasteiger partial charge in [-0.05, 0) is 84.9 Å². The van der Waals surface area contributed by atoms with Crippen LogP contribution in [0.4, 0.5) is 11.4 Å². The molecule has 0 unspecified atom stereocenters. The summed E-state index contributed by atoms with van der Waals surface area (Å²) in [5.41, 5.74) is 9.26. The van der Waals surface area contributed by atoms with Crippen LogP contribution in [0.3, 0.4) is 0 Å². The number of fused-ring (bicyclic) bond motifs is 2. The van der Waals surface area contributed by atoms with Crippen LogP contribution in [-0.2, 0) is 0 Å². The van der Waals surface area contributed by atoms with E-state index in [2.05, 4.69) is 74.0 Å². The Labute approximate surface area is 231 Å². The van der Waals surface area contributed by atoms with Crippen LogP contribution < -0.4 is 15.5 Å². The second-order valence-corrected chi connectivity index (χ2v) is 9.54. The SMILES string of the molecule is CNC(=N)c1ccc2nc(-c3ccc(N(C)c4ccc(-c5nc6ccc(C(=N)NC)cc6[nH]5)cc4)cc3)[nH]c2c1. The lowest BCUT2D eigenvalue weighted by Gasteiger charge is -2.20. The lowest BCUT2D eigenvalue weighted by atomic mass is 10.1. The van der Waals surface area contributed by atoms with E-state index in [1.165, 1.54) is 0 Å². The van der Waals surface area contributed by atoms with Crippen molar-refractivity contribution in [1.29, 1.82) is 10.8 Å². The van der Waals surface area contributed by atoms with Gasteiger partial charge in [0.05, 0.1) is 22.1 Å². The maximum atomic E-state index is 8.00. The average molecular weight is 528 g/mol. The number of nitrogens with one attached hydrogen (secondary N) is 6. The first-order chi connectivity index (χ1) is 19.4. The Bertz CT molecular complexity index is 1720. The van der Waals surface area contributed by atoms with Gasteiger partial charge in [0.2, 0.25) is 0 Å². The van der Waals surface area contributed by atoms with Crippen LogP contribution in [0.15, 0.2) is 84.9 Å². The maximum Gasteiger partial charge on any atom is 0.138 e. The van der Waals surface area contributed by atoms with Gasteiger partial charge in [-0.15, -0.1) is 0 Å². The molecule has 6 aromatic rings. The number of H-pyrrole nitrogens is 2. The predicted molar refractivity (Wildman–Crippen MR) is 163 cm³/mol. The molecular formula is C31H29N9. The largest absolute Gasteiger partial charge is 0.373 e. The molecule has 0 aliphatic heterocycles. The van der Waals surface area contributed by atoms with Gasteiger partial charge in [-0.2, -0.15) is 0 Å². The quantitative estimate of drug-likeness (QED) is 0.123. The normalized spacial score (nSPS) is 11.1. The zero-order valence-electron chi connectivity index (χ0n) is 22.4. The summed E-state index contributed by atoms with van der Waals surface area (Å²) in [6.45, 7) is 0. The summed E-state index contributed by atoms with van der Waals surface area (Å²) in [4.78, 5) is 18.4. The molecule has 9 nitrogen and oxygen atoms in total. The van der Waals surface area contributed by atoms with Crippen LogP contribution in [0, 0.1) is 10.8 Å². The molecule has 0 bridgehead atoms. The third-order valence-electron chi connectivity index (χ3n) is 7.10. The van der Waals surface area contributed by atoms with E-state index in [9.17, 15) is 0 Å². The summed E-state index contributed by atoms with van der Waals surface area (Å²) in [6.07, 6.45) is 0. The van der Waals surface area contributed by atoms with Gasteiger partial charge in [0.1, 0.15) is 23.3 Å². The topological polar surface area (TPSA) is 132 Å². The molecule has 0 radical (unpaired) electrons. The Morgan fingerprint density at radius 3 is 1.40 bits per heavy atom. The van der Waals surface area contributed by atoms with Crippen LogP contribution in [0.1, 0.15) is 11.1 Å². The molecule has 2 heterocycles. The van der Waals surface area contributed by atoms with Crippen LogP contribution in [0.2, 0.25) is 0 Å². The van der Waals surface area contributed by atoms with E-state index >= 15 is 0 Å². The van der Waals surface area contributed by atoms with Crippen molar-refractivity contribution in [2.75, 3.05) is 26.0 Å². The highest BCUT2D eigenvalue weighted by Gasteiger charge is 2.11. The Morgan fingerprint density at radius 2 is 1.02 bits per heavy atom. The van der Waals surface area contributed by atoms with Crippen molar-refractivity contribution >= 4 is 45.1 Å². The van der Waals surface area contributed by atoms with Crippen molar-refractivity contribution in [2.45, 2.75) is 0 Å². The van der Waals surface area contributed by atoms with Crippen LogP contribution >= 0.6 is 0 Å². The summed E-state index contributed by atoms with van der Waals surface area (Å²) < 4.78 is 0. The van der Waals surface area contributed by atoms with E-state index in [-0.39, 0.29) is 0 Å². The standard InChI is InChI=1S/C31H29N9/c1-34-28(32)20-8-14-24-26(16-20)38-30(36-24)18-4-10-22(11-5-18)40(3)23-12-6-19(7-13-23)31-37-25-15-9-21(29(33)35-2)17-27(25)39-31/h4-17H,1-3H3,(H2,32,34)(H2,33,35)(H,36,38)(H,37,39). The van der Waals surface area contributed by atoms with Gasteiger partial charge in [-0.1, -0.05) is 0 Å². The number of nitrogens with zero attached hydrogens (tertiary/aromatic N) is 3. The van der Waals surface area contributed by atoms with E-state index in [1.807, 2.05) is 43.4 Å². The zero-order chi connectivity index (χ0) is 27.8. The molecule has 9 heteroatoms. The number of aromatic nitrogens is 4. The van der Waals surface area contributed by atoms with Gasteiger partial charge in [-0.25, -0.2) is 9.97 Å². The maximum absolute atomic E-state index is 8.00. The minimum absolute atomic E-state index is 0.372. The second kappa shape index (κ2) is 10.0. The first kappa shape index (κ1) is 24.9. The van der Waals surface area contributed by atoms with Crippen LogP contribution in [0.5, 0.6) is 0 Å².